The first-order valence-corrected chi connectivity index (χ1v) is 7.65. The van der Waals surface area contributed by atoms with E-state index in [1.54, 1.807) is 0 Å². The van der Waals surface area contributed by atoms with Crippen LogP contribution in [0.4, 0.5) is 0 Å². The maximum Gasteiger partial charge on any atom is 0.226 e. The molecule has 1 amide bonds. The highest BCUT2D eigenvalue weighted by Crippen LogP contribution is 2.23. The molecule has 20 heavy (non-hydrogen) atoms. The van der Waals surface area contributed by atoms with Crippen LogP contribution in [0.3, 0.4) is 0 Å². The normalized spacial score (nSPS) is 22.6. The van der Waals surface area contributed by atoms with E-state index in [4.69, 9.17) is 11.6 Å². The second-order valence-corrected chi connectivity index (χ2v) is 6.04. The van der Waals surface area contributed by atoms with E-state index in [9.17, 15) is 4.79 Å². The van der Waals surface area contributed by atoms with Crippen molar-refractivity contribution in [1.29, 1.82) is 0 Å². The minimum Gasteiger partial charge on any atom is -0.342 e. The molecule has 0 unspecified atom stereocenters. The molecule has 110 valence electrons. The van der Waals surface area contributed by atoms with Crippen LogP contribution in [0, 0.1) is 0 Å². The highest BCUT2D eigenvalue weighted by molar-refractivity contribution is 6.30. The molecule has 0 spiro atoms. The average molecular weight is 295 g/mol. The van der Waals surface area contributed by atoms with Crippen LogP contribution in [0.1, 0.15) is 31.2 Å². The third-order valence-corrected chi connectivity index (χ3v) is 4.53. The SMILES string of the molecule is CNC1CCC(N(C)C(=O)Cc2cccc(Cl)c2)CC1. The van der Waals surface area contributed by atoms with Crippen molar-refractivity contribution in [3.05, 3.63) is 34.9 Å². The van der Waals surface area contributed by atoms with Crippen molar-refractivity contribution in [3.63, 3.8) is 0 Å². The first kappa shape index (κ1) is 15.3. The molecule has 0 aromatic heterocycles. The van der Waals surface area contributed by atoms with Gasteiger partial charge in [0.2, 0.25) is 5.91 Å². The van der Waals surface area contributed by atoms with Crippen LogP contribution in [-0.2, 0) is 11.2 Å². The van der Waals surface area contributed by atoms with Crippen LogP contribution in [0.5, 0.6) is 0 Å². The van der Waals surface area contributed by atoms with Crippen molar-refractivity contribution >= 4 is 17.5 Å². The van der Waals surface area contributed by atoms with Crippen LogP contribution in [-0.4, -0.2) is 37.0 Å². The van der Waals surface area contributed by atoms with E-state index in [2.05, 4.69) is 5.32 Å². The number of benzene rings is 1. The lowest BCUT2D eigenvalue weighted by Crippen LogP contribution is -2.43. The molecule has 0 heterocycles. The molecular weight excluding hydrogens is 272 g/mol. The maximum atomic E-state index is 12.3. The van der Waals surface area contributed by atoms with E-state index in [0.29, 0.717) is 23.5 Å². The van der Waals surface area contributed by atoms with Gasteiger partial charge in [0.25, 0.3) is 0 Å². The van der Waals surface area contributed by atoms with Crippen molar-refractivity contribution < 1.29 is 4.79 Å². The van der Waals surface area contributed by atoms with Crippen molar-refractivity contribution in [3.8, 4) is 0 Å². The van der Waals surface area contributed by atoms with Crippen molar-refractivity contribution in [2.45, 2.75) is 44.2 Å². The summed E-state index contributed by atoms with van der Waals surface area (Å²) in [5.74, 6) is 0.181. The van der Waals surface area contributed by atoms with E-state index in [-0.39, 0.29) is 5.91 Å². The van der Waals surface area contributed by atoms with Gasteiger partial charge in [0.05, 0.1) is 6.42 Å². The Hall–Kier alpha value is -1.06. The van der Waals surface area contributed by atoms with Gasteiger partial charge < -0.3 is 10.2 Å². The van der Waals surface area contributed by atoms with Gasteiger partial charge in [-0.1, -0.05) is 23.7 Å². The number of rotatable bonds is 4. The smallest absolute Gasteiger partial charge is 0.226 e. The standard InChI is InChI=1S/C16H23ClN2O/c1-18-14-6-8-15(9-7-14)19(2)16(20)11-12-4-3-5-13(17)10-12/h3-5,10,14-15,18H,6-9,11H2,1-2H3. The molecule has 1 aromatic rings. The Morgan fingerprint density at radius 1 is 1.35 bits per heavy atom. The Balaban J connectivity index is 1.89. The van der Waals surface area contributed by atoms with Gasteiger partial charge in [-0.2, -0.15) is 0 Å². The summed E-state index contributed by atoms with van der Waals surface area (Å²) in [4.78, 5) is 14.3. The second kappa shape index (κ2) is 7.09. The average Bonchev–Trinajstić information content (AvgIpc) is 2.46. The molecule has 1 aromatic carbocycles. The van der Waals surface area contributed by atoms with E-state index < -0.39 is 0 Å². The summed E-state index contributed by atoms with van der Waals surface area (Å²) in [7, 11) is 3.94. The molecule has 2 rings (SSSR count). The third kappa shape index (κ3) is 3.97. The number of carbonyl (C=O) groups is 1. The fourth-order valence-corrected chi connectivity index (χ4v) is 3.11. The minimum absolute atomic E-state index is 0.181. The monoisotopic (exact) mass is 294 g/mol. The number of hydrogen-bond donors (Lipinski definition) is 1. The highest BCUT2D eigenvalue weighted by atomic mass is 35.5. The predicted octanol–water partition coefficient (Wildman–Crippen LogP) is 2.87. The Kier molecular flexibility index (Phi) is 5.44. The largest absolute Gasteiger partial charge is 0.342 e. The van der Waals surface area contributed by atoms with Gasteiger partial charge in [-0.25, -0.2) is 0 Å². The zero-order valence-corrected chi connectivity index (χ0v) is 13.0. The lowest BCUT2D eigenvalue weighted by atomic mass is 9.90. The van der Waals surface area contributed by atoms with E-state index in [1.807, 2.05) is 43.3 Å². The van der Waals surface area contributed by atoms with Gasteiger partial charge in [-0.05, 0) is 50.4 Å². The van der Waals surface area contributed by atoms with E-state index in [1.165, 1.54) is 0 Å². The van der Waals surface area contributed by atoms with Crippen molar-refractivity contribution in [1.82, 2.24) is 10.2 Å². The summed E-state index contributed by atoms with van der Waals surface area (Å²) in [6.07, 6.45) is 4.90. The molecule has 4 heteroatoms. The summed E-state index contributed by atoms with van der Waals surface area (Å²) in [5, 5.41) is 4.01. The number of hydrogen-bond acceptors (Lipinski definition) is 2. The first-order valence-electron chi connectivity index (χ1n) is 7.27. The van der Waals surface area contributed by atoms with Gasteiger partial charge in [-0.3, -0.25) is 4.79 Å². The zero-order chi connectivity index (χ0) is 14.5. The van der Waals surface area contributed by atoms with Crippen LogP contribution in [0.15, 0.2) is 24.3 Å². The summed E-state index contributed by atoms with van der Waals surface area (Å²) in [6.45, 7) is 0. The molecule has 1 fully saturated rings. The third-order valence-electron chi connectivity index (χ3n) is 4.29. The van der Waals surface area contributed by atoms with E-state index in [0.717, 1.165) is 31.2 Å². The van der Waals surface area contributed by atoms with Gasteiger partial charge in [0.1, 0.15) is 0 Å². The fraction of sp³-hybridized carbons (Fsp3) is 0.562. The number of likely N-dealkylation sites (N-methyl/N-ethyl adjacent to an activating group) is 1. The lowest BCUT2D eigenvalue weighted by molar-refractivity contribution is -0.131. The summed E-state index contributed by atoms with van der Waals surface area (Å²) in [6, 6.07) is 8.54. The molecule has 1 N–H and O–H groups in total. The van der Waals surface area contributed by atoms with Gasteiger partial charge in [-0.15, -0.1) is 0 Å². The molecule has 3 nitrogen and oxygen atoms in total. The molecule has 0 radical (unpaired) electrons. The molecule has 1 aliphatic carbocycles. The Morgan fingerprint density at radius 2 is 2.05 bits per heavy atom. The quantitative estimate of drug-likeness (QED) is 0.926. The van der Waals surface area contributed by atoms with Crippen molar-refractivity contribution in [2.24, 2.45) is 0 Å². The molecule has 0 aliphatic heterocycles. The van der Waals surface area contributed by atoms with Crippen LogP contribution in [0.25, 0.3) is 0 Å². The van der Waals surface area contributed by atoms with Crippen LogP contribution >= 0.6 is 11.6 Å². The molecule has 0 atom stereocenters. The Labute approximate surface area is 126 Å². The van der Waals surface area contributed by atoms with Crippen LogP contribution < -0.4 is 5.32 Å². The number of carbonyl (C=O) groups excluding carboxylic acids is 1. The van der Waals surface area contributed by atoms with Gasteiger partial charge in [0, 0.05) is 24.2 Å². The topological polar surface area (TPSA) is 32.3 Å². The predicted molar refractivity (Wildman–Crippen MR) is 83.0 cm³/mol. The summed E-state index contributed by atoms with van der Waals surface area (Å²) < 4.78 is 0. The van der Waals surface area contributed by atoms with Gasteiger partial charge >= 0.3 is 0 Å². The Bertz CT molecular complexity index is 456. The molecule has 0 bridgehead atoms. The van der Waals surface area contributed by atoms with Crippen LogP contribution in [0.2, 0.25) is 5.02 Å². The molecular formula is C16H23ClN2O. The first-order chi connectivity index (χ1) is 9.60. The molecule has 0 saturated heterocycles. The lowest BCUT2D eigenvalue weighted by Gasteiger charge is -2.34. The van der Waals surface area contributed by atoms with Crippen molar-refractivity contribution in [2.75, 3.05) is 14.1 Å². The number of nitrogens with zero attached hydrogens (tertiary/aromatic N) is 1. The zero-order valence-electron chi connectivity index (χ0n) is 12.2. The van der Waals surface area contributed by atoms with E-state index >= 15 is 0 Å². The highest BCUT2D eigenvalue weighted by Gasteiger charge is 2.25. The summed E-state index contributed by atoms with van der Waals surface area (Å²) in [5.41, 5.74) is 0.985. The van der Waals surface area contributed by atoms with Gasteiger partial charge in [0.15, 0.2) is 0 Å². The fourth-order valence-electron chi connectivity index (χ4n) is 2.90. The second-order valence-electron chi connectivity index (χ2n) is 5.61. The molecule has 1 saturated carbocycles. The minimum atomic E-state index is 0.181. The number of nitrogens with one attached hydrogen (secondary N) is 1. The summed E-state index contributed by atoms with van der Waals surface area (Å²) >= 11 is 5.96. The number of halogens is 1. The maximum absolute atomic E-state index is 12.3. The Morgan fingerprint density at radius 3 is 2.65 bits per heavy atom. The molecule has 1 aliphatic rings. The number of amides is 1.